The van der Waals surface area contributed by atoms with Gasteiger partial charge < -0.3 is 15.4 Å². The summed E-state index contributed by atoms with van der Waals surface area (Å²) in [5.41, 5.74) is 0. The molecule has 2 saturated heterocycles. The summed E-state index contributed by atoms with van der Waals surface area (Å²) in [6.07, 6.45) is 2.91. The van der Waals surface area contributed by atoms with Gasteiger partial charge in [-0.05, 0) is 38.8 Å². The number of morpholine rings is 1. The second-order valence-corrected chi connectivity index (χ2v) is 5.71. The Hall–Kier alpha value is -0.650. The summed E-state index contributed by atoms with van der Waals surface area (Å²) in [6, 6.07) is 0.468. The van der Waals surface area contributed by atoms with Crippen molar-refractivity contribution in [3.8, 4) is 0 Å². The van der Waals surface area contributed by atoms with Gasteiger partial charge in [-0.25, -0.2) is 0 Å². The number of ether oxygens (including phenoxy) is 1. The Bertz CT molecular complexity index is 280. The molecular weight excluding hydrogens is 242 g/mol. The van der Waals surface area contributed by atoms with Crippen LogP contribution in [0.3, 0.4) is 0 Å². The van der Waals surface area contributed by atoms with E-state index < -0.39 is 0 Å². The van der Waals surface area contributed by atoms with Crippen LogP contribution < -0.4 is 10.6 Å². The Labute approximate surface area is 116 Å². The largest absolute Gasteiger partial charge is 0.379 e. The first kappa shape index (κ1) is 14.8. The quantitative estimate of drug-likeness (QED) is 0.724. The molecule has 2 unspecified atom stereocenters. The number of carbonyl (C=O) groups is 1. The summed E-state index contributed by atoms with van der Waals surface area (Å²) in [7, 11) is 0. The molecule has 2 aliphatic rings. The van der Waals surface area contributed by atoms with Crippen LogP contribution >= 0.6 is 0 Å². The maximum Gasteiger partial charge on any atom is 0.220 e. The molecule has 0 aliphatic carbocycles. The van der Waals surface area contributed by atoms with Crippen molar-refractivity contribution in [1.29, 1.82) is 0 Å². The maximum absolute atomic E-state index is 11.7. The van der Waals surface area contributed by atoms with Gasteiger partial charge in [-0.15, -0.1) is 0 Å². The van der Waals surface area contributed by atoms with Gasteiger partial charge in [0.25, 0.3) is 0 Å². The van der Waals surface area contributed by atoms with E-state index in [1.807, 2.05) is 0 Å². The van der Waals surface area contributed by atoms with Crippen molar-refractivity contribution in [2.45, 2.75) is 32.2 Å². The fraction of sp³-hybridized carbons (Fsp3) is 0.929. The first-order valence-electron chi connectivity index (χ1n) is 7.55. The maximum atomic E-state index is 11.7. The molecule has 2 aliphatic heterocycles. The van der Waals surface area contributed by atoms with Crippen LogP contribution in [0, 0.1) is 5.92 Å². The summed E-state index contributed by atoms with van der Waals surface area (Å²) in [5.74, 6) is 0.901. The summed E-state index contributed by atoms with van der Waals surface area (Å²) >= 11 is 0. The van der Waals surface area contributed by atoms with E-state index in [1.54, 1.807) is 0 Å². The lowest BCUT2D eigenvalue weighted by molar-refractivity contribution is -0.121. The Morgan fingerprint density at radius 1 is 1.53 bits per heavy atom. The van der Waals surface area contributed by atoms with E-state index in [-0.39, 0.29) is 5.91 Å². The molecule has 2 rings (SSSR count). The number of hydrogen-bond donors (Lipinski definition) is 2. The van der Waals surface area contributed by atoms with Crippen LogP contribution in [0.1, 0.15) is 26.2 Å². The normalized spacial score (nSPS) is 28.5. The molecule has 5 nitrogen and oxygen atoms in total. The molecule has 19 heavy (non-hydrogen) atoms. The number of hydrogen-bond acceptors (Lipinski definition) is 4. The zero-order valence-electron chi connectivity index (χ0n) is 12.0. The fourth-order valence-electron chi connectivity index (χ4n) is 2.82. The van der Waals surface area contributed by atoms with Crippen LogP contribution in [0.2, 0.25) is 0 Å². The van der Waals surface area contributed by atoms with Crippen molar-refractivity contribution < 1.29 is 9.53 Å². The summed E-state index contributed by atoms with van der Waals surface area (Å²) in [5, 5.41) is 6.37. The average molecular weight is 269 g/mol. The summed E-state index contributed by atoms with van der Waals surface area (Å²) in [6.45, 7) is 8.65. The van der Waals surface area contributed by atoms with E-state index in [0.717, 1.165) is 52.4 Å². The van der Waals surface area contributed by atoms with Crippen molar-refractivity contribution in [1.82, 2.24) is 15.5 Å². The Balaban J connectivity index is 1.53. The van der Waals surface area contributed by atoms with Crippen LogP contribution in [-0.4, -0.2) is 62.8 Å². The van der Waals surface area contributed by atoms with Gasteiger partial charge >= 0.3 is 0 Å². The van der Waals surface area contributed by atoms with Gasteiger partial charge in [0.2, 0.25) is 5.91 Å². The topological polar surface area (TPSA) is 53.6 Å². The molecule has 0 aromatic rings. The van der Waals surface area contributed by atoms with Gasteiger partial charge in [0.1, 0.15) is 0 Å². The molecule has 1 amide bonds. The third-order valence-corrected chi connectivity index (χ3v) is 4.17. The van der Waals surface area contributed by atoms with Crippen LogP contribution in [-0.2, 0) is 9.53 Å². The lowest BCUT2D eigenvalue weighted by Crippen LogP contribution is -2.46. The van der Waals surface area contributed by atoms with Crippen LogP contribution in [0.25, 0.3) is 0 Å². The molecule has 2 N–H and O–H groups in total. The van der Waals surface area contributed by atoms with Gasteiger partial charge in [0.15, 0.2) is 0 Å². The van der Waals surface area contributed by atoms with Gasteiger partial charge in [-0.1, -0.05) is 0 Å². The van der Waals surface area contributed by atoms with E-state index in [4.69, 9.17) is 4.74 Å². The van der Waals surface area contributed by atoms with Crippen molar-refractivity contribution in [2.24, 2.45) is 5.92 Å². The zero-order chi connectivity index (χ0) is 13.5. The molecule has 0 bridgehead atoms. The second kappa shape index (κ2) is 7.82. The molecule has 0 aromatic carbocycles. The van der Waals surface area contributed by atoms with Gasteiger partial charge in [0.05, 0.1) is 13.2 Å². The molecule has 2 heterocycles. The lowest BCUT2D eigenvalue weighted by Gasteiger charge is -2.33. The molecule has 0 spiro atoms. The second-order valence-electron chi connectivity index (χ2n) is 5.71. The van der Waals surface area contributed by atoms with E-state index in [9.17, 15) is 4.79 Å². The Morgan fingerprint density at radius 3 is 3.16 bits per heavy atom. The molecule has 5 heteroatoms. The molecule has 110 valence electrons. The molecular formula is C14H27N3O2. The SMILES string of the molecule is CC1COCCN1CCNC(=O)CCC1CCNC1. The highest BCUT2D eigenvalue weighted by molar-refractivity contribution is 5.75. The molecule has 0 radical (unpaired) electrons. The highest BCUT2D eigenvalue weighted by atomic mass is 16.5. The molecule has 0 saturated carbocycles. The highest BCUT2D eigenvalue weighted by Gasteiger charge is 2.18. The first-order chi connectivity index (χ1) is 9.25. The number of nitrogens with one attached hydrogen (secondary N) is 2. The third-order valence-electron chi connectivity index (χ3n) is 4.17. The molecule has 2 atom stereocenters. The number of amides is 1. The molecule has 0 aromatic heterocycles. The monoisotopic (exact) mass is 269 g/mol. The van der Waals surface area contributed by atoms with Gasteiger partial charge in [-0.3, -0.25) is 9.69 Å². The predicted octanol–water partition coefficient (Wildman–Crippen LogP) is 0.213. The summed E-state index contributed by atoms with van der Waals surface area (Å²) < 4.78 is 5.40. The Kier molecular flexibility index (Phi) is 6.07. The summed E-state index contributed by atoms with van der Waals surface area (Å²) in [4.78, 5) is 14.1. The van der Waals surface area contributed by atoms with Crippen molar-refractivity contribution >= 4 is 5.91 Å². The fourth-order valence-corrected chi connectivity index (χ4v) is 2.82. The van der Waals surface area contributed by atoms with Crippen LogP contribution in [0.5, 0.6) is 0 Å². The average Bonchev–Trinajstić information content (AvgIpc) is 2.92. The van der Waals surface area contributed by atoms with Crippen LogP contribution in [0.15, 0.2) is 0 Å². The Morgan fingerprint density at radius 2 is 2.42 bits per heavy atom. The highest BCUT2D eigenvalue weighted by Crippen LogP contribution is 2.13. The zero-order valence-corrected chi connectivity index (χ0v) is 12.0. The minimum atomic E-state index is 0.202. The van der Waals surface area contributed by atoms with E-state index >= 15 is 0 Å². The number of rotatable bonds is 6. The number of nitrogens with zero attached hydrogens (tertiary/aromatic N) is 1. The third kappa shape index (κ3) is 5.09. The van der Waals surface area contributed by atoms with Gasteiger partial charge in [-0.2, -0.15) is 0 Å². The van der Waals surface area contributed by atoms with Crippen molar-refractivity contribution in [3.63, 3.8) is 0 Å². The smallest absolute Gasteiger partial charge is 0.220 e. The minimum absolute atomic E-state index is 0.202. The van der Waals surface area contributed by atoms with E-state index in [0.29, 0.717) is 18.4 Å². The first-order valence-corrected chi connectivity index (χ1v) is 7.55. The predicted molar refractivity (Wildman–Crippen MR) is 75.1 cm³/mol. The number of carbonyl (C=O) groups excluding carboxylic acids is 1. The minimum Gasteiger partial charge on any atom is -0.379 e. The van der Waals surface area contributed by atoms with Crippen molar-refractivity contribution in [2.75, 3.05) is 45.9 Å². The van der Waals surface area contributed by atoms with E-state index in [1.165, 1.54) is 6.42 Å². The standard InChI is InChI=1S/C14H27N3O2/c1-12-11-19-9-8-17(12)7-6-16-14(18)3-2-13-4-5-15-10-13/h12-13,15H,2-11H2,1H3,(H,16,18). The van der Waals surface area contributed by atoms with E-state index in [2.05, 4.69) is 22.5 Å². The van der Waals surface area contributed by atoms with Gasteiger partial charge in [0, 0.05) is 32.1 Å². The molecule has 2 fully saturated rings. The van der Waals surface area contributed by atoms with Crippen LogP contribution in [0.4, 0.5) is 0 Å². The lowest BCUT2D eigenvalue weighted by atomic mass is 10.0. The van der Waals surface area contributed by atoms with Crippen molar-refractivity contribution in [3.05, 3.63) is 0 Å².